The molecule has 0 saturated carbocycles. The number of carboxylic acid groups (broad SMARTS) is 1. The van der Waals surface area contributed by atoms with Gasteiger partial charge in [0.05, 0.1) is 0 Å². The normalized spacial score (nSPS) is 26.2. The van der Waals surface area contributed by atoms with E-state index in [9.17, 15) is 9.59 Å². The van der Waals surface area contributed by atoms with Crippen molar-refractivity contribution >= 4 is 11.9 Å². The Labute approximate surface area is 113 Å². The minimum Gasteiger partial charge on any atom is -0.480 e. The van der Waals surface area contributed by atoms with Gasteiger partial charge in [-0.05, 0) is 26.2 Å². The molecule has 1 saturated heterocycles. The fraction of sp³-hybridized carbons (Fsp3) is 0.714. The van der Waals surface area contributed by atoms with Crippen LogP contribution in [0.2, 0.25) is 0 Å². The van der Waals surface area contributed by atoms with Crippen LogP contribution in [0.5, 0.6) is 0 Å². The predicted molar refractivity (Wildman–Crippen MR) is 71.7 cm³/mol. The first-order chi connectivity index (χ1) is 9.09. The van der Waals surface area contributed by atoms with E-state index in [-0.39, 0.29) is 11.8 Å². The molecular weight excluding hydrogens is 244 g/mol. The maximum atomic E-state index is 12.3. The fourth-order valence-corrected chi connectivity index (χ4v) is 2.76. The number of piperazine rings is 1. The average molecular weight is 266 g/mol. The van der Waals surface area contributed by atoms with E-state index in [0.717, 1.165) is 19.3 Å². The zero-order valence-corrected chi connectivity index (χ0v) is 11.4. The third-order valence-corrected chi connectivity index (χ3v) is 4.15. The zero-order valence-electron chi connectivity index (χ0n) is 11.4. The Morgan fingerprint density at radius 1 is 1.21 bits per heavy atom. The first-order valence-electron chi connectivity index (χ1n) is 7.00. The Bertz CT molecular complexity index is 373. The molecule has 0 aromatic carbocycles. The van der Waals surface area contributed by atoms with Gasteiger partial charge in [-0.1, -0.05) is 12.2 Å². The lowest BCUT2D eigenvalue weighted by atomic mass is 9.93. The van der Waals surface area contributed by atoms with Crippen molar-refractivity contribution in [1.82, 2.24) is 9.80 Å². The van der Waals surface area contributed by atoms with Gasteiger partial charge in [-0.25, -0.2) is 0 Å². The van der Waals surface area contributed by atoms with Crippen LogP contribution in [-0.4, -0.2) is 59.0 Å². The van der Waals surface area contributed by atoms with Crippen molar-refractivity contribution in [2.45, 2.75) is 32.2 Å². The van der Waals surface area contributed by atoms with Crippen LogP contribution in [0.3, 0.4) is 0 Å². The van der Waals surface area contributed by atoms with Crippen molar-refractivity contribution < 1.29 is 14.7 Å². The van der Waals surface area contributed by atoms with E-state index in [2.05, 4.69) is 12.2 Å². The number of carboxylic acids is 1. The fourth-order valence-electron chi connectivity index (χ4n) is 2.76. The quantitative estimate of drug-likeness (QED) is 0.773. The Balaban J connectivity index is 1.84. The highest BCUT2D eigenvalue weighted by Crippen LogP contribution is 2.21. The molecule has 0 radical (unpaired) electrons. The van der Waals surface area contributed by atoms with Crippen LogP contribution in [0.4, 0.5) is 0 Å². The summed E-state index contributed by atoms with van der Waals surface area (Å²) in [7, 11) is 0. The number of hydrogen-bond acceptors (Lipinski definition) is 3. The summed E-state index contributed by atoms with van der Waals surface area (Å²) >= 11 is 0. The van der Waals surface area contributed by atoms with Crippen molar-refractivity contribution in [3.63, 3.8) is 0 Å². The van der Waals surface area contributed by atoms with Gasteiger partial charge in [0, 0.05) is 32.1 Å². The van der Waals surface area contributed by atoms with Crippen LogP contribution in [0.15, 0.2) is 12.2 Å². The molecule has 2 aliphatic rings. The van der Waals surface area contributed by atoms with Gasteiger partial charge < -0.3 is 10.0 Å². The number of hydrogen-bond donors (Lipinski definition) is 1. The molecule has 1 N–H and O–H groups in total. The first-order valence-corrected chi connectivity index (χ1v) is 7.00. The van der Waals surface area contributed by atoms with Gasteiger partial charge >= 0.3 is 5.97 Å². The number of amides is 1. The van der Waals surface area contributed by atoms with E-state index >= 15 is 0 Å². The second-order valence-corrected chi connectivity index (χ2v) is 5.36. The Kier molecular flexibility index (Phi) is 4.58. The number of carbonyl (C=O) groups is 2. The van der Waals surface area contributed by atoms with Gasteiger partial charge in [0.2, 0.25) is 5.91 Å². The second kappa shape index (κ2) is 6.19. The van der Waals surface area contributed by atoms with Crippen LogP contribution in [0.25, 0.3) is 0 Å². The molecule has 2 unspecified atom stereocenters. The lowest BCUT2D eigenvalue weighted by molar-refractivity contribution is -0.144. The van der Waals surface area contributed by atoms with Crippen molar-refractivity contribution in [2.24, 2.45) is 5.92 Å². The minimum absolute atomic E-state index is 0.133. The highest BCUT2D eigenvalue weighted by molar-refractivity contribution is 5.79. The van der Waals surface area contributed by atoms with E-state index in [1.807, 2.05) is 9.80 Å². The summed E-state index contributed by atoms with van der Waals surface area (Å²) in [4.78, 5) is 27.1. The van der Waals surface area contributed by atoms with E-state index in [1.165, 1.54) is 0 Å². The molecule has 1 aliphatic carbocycles. The van der Waals surface area contributed by atoms with Crippen LogP contribution < -0.4 is 0 Å². The summed E-state index contributed by atoms with van der Waals surface area (Å²) in [6.07, 6.45) is 7.02. The molecular formula is C14H22N2O3. The molecule has 1 amide bonds. The Morgan fingerprint density at radius 2 is 1.89 bits per heavy atom. The minimum atomic E-state index is -0.794. The molecule has 2 atom stereocenters. The van der Waals surface area contributed by atoms with Crippen molar-refractivity contribution in [3.05, 3.63) is 12.2 Å². The highest BCUT2D eigenvalue weighted by atomic mass is 16.4. The van der Waals surface area contributed by atoms with E-state index in [4.69, 9.17) is 5.11 Å². The topological polar surface area (TPSA) is 60.9 Å². The van der Waals surface area contributed by atoms with Crippen LogP contribution in [0.1, 0.15) is 26.2 Å². The predicted octanol–water partition coefficient (Wildman–Crippen LogP) is 0.960. The van der Waals surface area contributed by atoms with Gasteiger partial charge in [0.15, 0.2) is 0 Å². The molecule has 0 aromatic heterocycles. The van der Waals surface area contributed by atoms with Crippen molar-refractivity contribution in [1.29, 1.82) is 0 Å². The molecule has 106 valence electrons. The number of aliphatic carboxylic acids is 1. The molecule has 5 heteroatoms. The lowest BCUT2D eigenvalue weighted by Crippen LogP contribution is -2.54. The lowest BCUT2D eigenvalue weighted by Gasteiger charge is -2.38. The highest BCUT2D eigenvalue weighted by Gasteiger charge is 2.30. The summed E-state index contributed by atoms with van der Waals surface area (Å²) in [5.41, 5.74) is 0. The first kappa shape index (κ1) is 14.1. The van der Waals surface area contributed by atoms with Gasteiger partial charge in [-0.3, -0.25) is 14.5 Å². The summed E-state index contributed by atoms with van der Waals surface area (Å²) in [6.45, 7) is 4.31. The number of rotatable bonds is 3. The molecule has 1 aliphatic heterocycles. The van der Waals surface area contributed by atoms with Gasteiger partial charge in [0.1, 0.15) is 6.04 Å². The van der Waals surface area contributed by atoms with Crippen LogP contribution >= 0.6 is 0 Å². The summed E-state index contributed by atoms with van der Waals surface area (Å²) in [6, 6.07) is -0.463. The third kappa shape index (κ3) is 3.35. The smallest absolute Gasteiger partial charge is 0.320 e. The maximum Gasteiger partial charge on any atom is 0.320 e. The number of allylic oxidation sites excluding steroid dienone is 2. The molecule has 0 aromatic rings. The monoisotopic (exact) mass is 266 g/mol. The number of carbonyl (C=O) groups excluding carboxylic acids is 1. The molecule has 19 heavy (non-hydrogen) atoms. The van der Waals surface area contributed by atoms with Crippen LogP contribution in [-0.2, 0) is 9.59 Å². The maximum absolute atomic E-state index is 12.3. The average Bonchev–Trinajstić information content (AvgIpc) is 2.46. The van der Waals surface area contributed by atoms with Crippen molar-refractivity contribution in [2.75, 3.05) is 26.2 Å². The van der Waals surface area contributed by atoms with E-state index in [0.29, 0.717) is 26.2 Å². The molecule has 2 rings (SSSR count). The van der Waals surface area contributed by atoms with Gasteiger partial charge in [0.25, 0.3) is 0 Å². The standard InChI is InChI=1S/C14H22N2O3/c1-11(14(18)19)15-7-9-16(10-8-15)13(17)12-5-3-2-4-6-12/h2-3,11-12H,4-10H2,1H3,(H,18,19). The Morgan fingerprint density at radius 3 is 2.42 bits per heavy atom. The van der Waals surface area contributed by atoms with E-state index < -0.39 is 12.0 Å². The summed E-state index contributed by atoms with van der Waals surface area (Å²) in [5, 5.41) is 8.98. The van der Waals surface area contributed by atoms with E-state index in [1.54, 1.807) is 6.92 Å². The summed E-state index contributed by atoms with van der Waals surface area (Å²) < 4.78 is 0. The molecule has 5 nitrogen and oxygen atoms in total. The Hall–Kier alpha value is -1.36. The molecule has 0 bridgehead atoms. The molecule has 0 spiro atoms. The third-order valence-electron chi connectivity index (χ3n) is 4.15. The van der Waals surface area contributed by atoms with Crippen LogP contribution in [0, 0.1) is 5.92 Å². The second-order valence-electron chi connectivity index (χ2n) is 5.36. The SMILES string of the molecule is CC(C(=O)O)N1CCN(C(=O)C2CC=CCC2)CC1. The number of nitrogens with zero attached hydrogens (tertiary/aromatic N) is 2. The van der Waals surface area contributed by atoms with Gasteiger partial charge in [-0.2, -0.15) is 0 Å². The molecule has 1 heterocycles. The summed E-state index contributed by atoms with van der Waals surface area (Å²) in [5.74, 6) is -0.419. The largest absolute Gasteiger partial charge is 0.480 e. The van der Waals surface area contributed by atoms with Crippen molar-refractivity contribution in [3.8, 4) is 0 Å². The molecule has 1 fully saturated rings. The zero-order chi connectivity index (χ0) is 13.8. The van der Waals surface area contributed by atoms with Gasteiger partial charge in [-0.15, -0.1) is 0 Å².